The van der Waals surface area contributed by atoms with Crippen molar-refractivity contribution in [3.8, 4) is 0 Å². The van der Waals surface area contributed by atoms with Crippen LogP contribution in [0.3, 0.4) is 0 Å². The Morgan fingerprint density at radius 3 is 2.61 bits per heavy atom. The number of nitrogens with one attached hydrogen (secondary N) is 1. The first-order chi connectivity index (χ1) is 11.2. The Kier molecular flexibility index (Phi) is 4.60. The molecule has 1 N–H and O–H groups in total. The number of para-hydroxylation sites is 1. The Bertz CT molecular complexity index is 702. The Hall–Kier alpha value is -2.37. The van der Waals surface area contributed by atoms with Crippen LogP contribution < -0.4 is 0 Å². The monoisotopic (exact) mass is 315 g/mol. The summed E-state index contributed by atoms with van der Waals surface area (Å²) in [4.78, 5) is 26.5. The molecule has 2 heterocycles. The molecule has 3 rings (SSSR count). The molecule has 23 heavy (non-hydrogen) atoms. The van der Waals surface area contributed by atoms with E-state index in [0.717, 1.165) is 44.3 Å². The zero-order valence-electron chi connectivity index (χ0n) is 13.2. The minimum absolute atomic E-state index is 0.125. The fourth-order valence-corrected chi connectivity index (χ4v) is 2.93. The standard InChI is InChI=1S/C17H21N3O3/c1-12(16(21)20-10-6-2-3-7-11-20)23-17(22)15-13-8-4-5-9-14(13)18-19-15/h4-5,8-9,12H,2-3,6-7,10-11H2,1H3,(H,18,19)/t12-/m1/s1. The molecule has 0 bridgehead atoms. The third kappa shape index (κ3) is 3.36. The highest BCUT2D eigenvalue weighted by Gasteiger charge is 2.26. The van der Waals surface area contributed by atoms with E-state index in [1.807, 2.05) is 18.2 Å². The maximum Gasteiger partial charge on any atom is 0.360 e. The summed E-state index contributed by atoms with van der Waals surface area (Å²) in [6, 6.07) is 7.34. The third-order valence-electron chi connectivity index (χ3n) is 4.21. The van der Waals surface area contributed by atoms with E-state index in [-0.39, 0.29) is 11.6 Å². The van der Waals surface area contributed by atoms with Crippen molar-refractivity contribution in [2.75, 3.05) is 13.1 Å². The van der Waals surface area contributed by atoms with Gasteiger partial charge in [-0.15, -0.1) is 0 Å². The van der Waals surface area contributed by atoms with Gasteiger partial charge in [-0.1, -0.05) is 31.0 Å². The van der Waals surface area contributed by atoms with Gasteiger partial charge < -0.3 is 9.64 Å². The van der Waals surface area contributed by atoms with Crippen molar-refractivity contribution < 1.29 is 14.3 Å². The molecule has 1 atom stereocenters. The number of amides is 1. The lowest BCUT2D eigenvalue weighted by Gasteiger charge is -2.23. The molecule has 1 aliphatic rings. The largest absolute Gasteiger partial charge is 0.448 e. The second-order valence-corrected chi connectivity index (χ2v) is 5.90. The molecule has 1 fully saturated rings. The molecule has 1 aliphatic heterocycles. The smallest absolute Gasteiger partial charge is 0.360 e. The van der Waals surface area contributed by atoms with Gasteiger partial charge in [0.1, 0.15) is 0 Å². The number of aromatic nitrogens is 2. The number of rotatable bonds is 3. The van der Waals surface area contributed by atoms with Gasteiger partial charge >= 0.3 is 5.97 Å². The number of aromatic amines is 1. The quantitative estimate of drug-likeness (QED) is 0.883. The highest BCUT2D eigenvalue weighted by Crippen LogP contribution is 2.17. The van der Waals surface area contributed by atoms with Gasteiger partial charge in [0.05, 0.1) is 5.52 Å². The summed E-state index contributed by atoms with van der Waals surface area (Å²) >= 11 is 0. The molecule has 2 aromatic rings. The van der Waals surface area contributed by atoms with E-state index in [1.54, 1.807) is 17.9 Å². The molecule has 1 saturated heterocycles. The number of likely N-dealkylation sites (tertiary alicyclic amines) is 1. The van der Waals surface area contributed by atoms with Crippen LogP contribution in [-0.2, 0) is 9.53 Å². The summed E-state index contributed by atoms with van der Waals surface area (Å²) in [6.45, 7) is 3.11. The molecule has 1 aromatic carbocycles. The molecule has 0 radical (unpaired) electrons. The van der Waals surface area contributed by atoms with Crippen LogP contribution in [0.2, 0.25) is 0 Å². The van der Waals surface area contributed by atoms with Gasteiger partial charge in [-0.3, -0.25) is 9.89 Å². The highest BCUT2D eigenvalue weighted by molar-refractivity contribution is 6.02. The Labute approximate surface area is 134 Å². The van der Waals surface area contributed by atoms with E-state index >= 15 is 0 Å². The number of H-pyrrole nitrogens is 1. The van der Waals surface area contributed by atoms with Gasteiger partial charge in [-0.25, -0.2) is 4.79 Å². The lowest BCUT2D eigenvalue weighted by atomic mass is 10.2. The predicted molar refractivity (Wildman–Crippen MR) is 86.0 cm³/mol. The topological polar surface area (TPSA) is 75.3 Å². The second kappa shape index (κ2) is 6.81. The molecule has 1 aromatic heterocycles. The molecule has 122 valence electrons. The zero-order chi connectivity index (χ0) is 16.2. The number of fused-ring (bicyclic) bond motifs is 1. The van der Waals surface area contributed by atoms with E-state index in [0.29, 0.717) is 5.39 Å². The number of benzene rings is 1. The van der Waals surface area contributed by atoms with Crippen molar-refractivity contribution in [2.45, 2.75) is 38.7 Å². The van der Waals surface area contributed by atoms with Gasteiger partial charge in [0.15, 0.2) is 11.8 Å². The van der Waals surface area contributed by atoms with Crippen LogP contribution in [0.4, 0.5) is 0 Å². The van der Waals surface area contributed by atoms with Crippen molar-refractivity contribution in [1.82, 2.24) is 15.1 Å². The lowest BCUT2D eigenvalue weighted by Crippen LogP contribution is -2.40. The van der Waals surface area contributed by atoms with E-state index in [4.69, 9.17) is 4.74 Å². The number of hydrogen-bond acceptors (Lipinski definition) is 4. The number of carbonyl (C=O) groups excluding carboxylic acids is 2. The average Bonchev–Trinajstić information content (AvgIpc) is 2.80. The van der Waals surface area contributed by atoms with Crippen LogP contribution >= 0.6 is 0 Å². The summed E-state index contributed by atoms with van der Waals surface area (Å²) in [6.07, 6.45) is 3.53. The van der Waals surface area contributed by atoms with Crippen LogP contribution in [0.15, 0.2) is 24.3 Å². The molecule has 1 amide bonds. The van der Waals surface area contributed by atoms with E-state index in [9.17, 15) is 9.59 Å². The van der Waals surface area contributed by atoms with Gasteiger partial charge in [0.2, 0.25) is 0 Å². The lowest BCUT2D eigenvalue weighted by molar-refractivity contribution is -0.139. The first-order valence-corrected chi connectivity index (χ1v) is 8.09. The maximum absolute atomic E-state index is 12.4. The van der Waals surface area contributed by atoms with Gasteiger partial charge in [-0.2, -0.15) is 5.10 Å². The third-order valence-corrected chi connectivity index (χ3v) is 4.21. The normalized spacial score (nSPS) is 16.8. The molecular formula is C17H21N3O3. The number of nitrogens with zero attached hydrogens (tertiary/aromatic N) is 2. The van der Waals surface area contributed by atoms with Crippen LogP contribution in [0, 0.1) is 0 Å². The van der Waals surface area contributed by atoms with Gasteiger partial charge in [0.25, 0.3) is 5.91 Å². The Balaban J connectivity index is 1.68. The minimum atomic E-state index is -0.795. The number of carbonyl (C=O) groups is 2. The summed E-state index contributed by atoms with van der Waals surface area (Å²) < 4.78 is 5.35. The zero-order valence-corrected chi connectivity index (χ0v) is 13.2. The predicted octanol–water partition coefficient (Wildman–Crippen LogP) is 2.51. The molecule has 0 aliphatic carbocycles. The Morgan fingerprint density at radius 2 is 1.87 bits per heavy atom. The fraction of sp³-hybridized carbons (Fsp3) is 0.471. The highest BCUT2D eigenvalue weighted by atomic mass is 16.5. The molecule has 0 spiro atoms. The van der Waals surface area contributed by atoms with E-state index in [1.165, 1.54) is 0 Å². The molecule has 0 unspecified atom stereocenters. The Morgan fingerprint density at radius 1 is 1.17 bits per heavy atom. The first kappa shape index (κ1) is 15.5. The van der Waals surface area contributed by atoms with Crippen molar-refractivity contribution in [3.05, 3.63) is 30.0 Å². The van der Waals surface area contributed by atoms with Crippen LogP contribution in [0.1, 0.15) is 43.1 Å². The molecular weight excluding hydrogens is 294 g/mol. The molecule has 6 nitrogen and oxygen atoms in total. The summed E-state index contributed by atoms with van der Waals surface area (Å²) in [5.41, 5.74) is 0.988. The molecule has 0 saturated carbocycles. The maximum atomic E-state index is 12.4. The van der Waals surface area contributed by atoms with Gasteiger partial charge in [0, 0.05) is 18.5 Å². The SMILES string of the molecule is C[C@@H](OC(=O)c1n[nH]c2ccccc12)C(=O)N1CCCCCC1. The van der Waals surface area contributed by atoms with Crippen molar-refractivity contribution >= 4 is 22.8 Å². The van der Waals surface area contributed by atoms with E-state index < -0.39 is 12.1 Å². The van der Waals surface area contributed by atoms with Crippen LogP contribution in [-0.4, -0.2) is 46.2 Å². The summed E-state index contributed by atoms with van der Waals surface area (Å²) in [5, 5.41) is 7.51. The van der Waals surface area contributed by atoms with Crippen molar-refractivity contribution in [3.63, 3.8) is 0 Å². The van der Waals surface area contributed by atoms with Crippen LogP contribution in [0.25, 0.3) is 10.9 Å². The van der Waals surface area contributed by atoms with Crippen molar-refractivity contribution in [1.29, 1.82) is 0 Å². The number of hydrogen-bond donors (Lipinski definition) is 1. The van der Waals surface area contributed by atoms with E-state index in [2.05, 4.69) is 10.2 Å². The molecule has 6 heteroatoms. The van der Waals surface area contributed by atoms with Crippen LogP contribution in [0.5, 0.6) is 0 Å². The van der Waals surface area contributed by atoms with Gasteiger partial charge in [-0.05, 0) is 25.8 Å². The fourth-order valence-electron chi connectivity index (χ4n) is 2.93. The first-order valence-electron chi connectivity index (χ1n) is 8.09. The van der Waals surface area contributed by atoms with Crippen molar-refractivity contribution in [2.24, 2.45) is 0 Å². The number of ether oxygens (including phenoxy) is 1. The summed E-state index contributed by atoms with van der Waals surface area (Å²) in [7, 11) is 0. The number of esters is 1. The average molecular weight is 315 g/mol. The minimum Gasteiger partial charge on any atom is -0.448 e. The second-order valence-electron chi connectivity index (χ2n) is 5.90. The summed E-state index contributed by atoms with van der Waals surface area (Å²) in [5.74, 6) is -0.696.